The van der Waals surface area contributed by atoms with E-state index in [2.05, 4.69) is 37.1 Å². The Morgan fingerprint density at radius 3 is 2.30 bits per heavy atom. The van der Waals surface area contributed by atoms with Gasteiger partial charge in [0.05, 0.1) is 11.9 Å². The molecule has 1 heterocycles. The Morgan fingerprint density at radius 1 is 0.933 bits per heavy atom. The van der Waals surface area contributed by atoms with Gasteiger partial charge in [-0.1, -0.05) is 53.1 Å². The third-order valence-corrected chi connectivity index (χ3v) is 5.27. The molecule has 0 fully saturated rings. The first kappa shape index (κ1) is 20.0. The molecular formula is C25H23ClN2O2. The minimum absolute atomic E-state index is 0.151. The molecule has 0 aliphatic rings. The summed E-state index contributed by atoms with van der Waals surface area (Å²) in [7, 11) is 1.88. The average molecular weight is 419 g/mol. The Labute approximate surface area is 181 Å². The number of hydrogen-bond donors (Lipinski definition) is 1. The van der Waals surface area contributed by atoms with Gasteiger partial charge < -0.3 is 9.84 Å². The van der Waals surface area contributed by atoms with Crippen LogP contribution >= 0.6 is 11.6 Å². The predicted octanol–water partition coefficient (Wildman–Crippen LogP) is 6.31. The topological polar surface area (TPSA) is 47.3 Å². The first-order valence-corrected chi connectivity index (χ1v) is 10.1. The van der Waals surface area contributed by atoms with Gasteiger partial charge in [0.25, 0.3) is 0 Å². The third kappa shape index (κ3) is 4.19. The second-order valence-electron chi connectivity index (χ2n) is 7.50. The lowest BCUT2D eigenvalue weighted by Gasteiger charge is -2.12. The van der Waals surface area contributed by atoms with Crippen molar-refractivity contribution in [1.82, 2.24) is 9.78 Å². The lowest BCUT2D eigenvalue weighted by atomic mass is 9.98. The molecule has 1 N–H and O–H groups in total. The van der Waals surface area contributed by atoms with Gasteiger partial charge in [-0.05, 0) is 49.2 Å². The zero-order valence-electron chi connectivity index (χ0n) is 17.2. The molecule has 4 nitrogen and oxygen atoms in total. The zero-order valence-corrected chi connectivity index (χ0v) is 17.9. The van der Waals surface area contributed by atoms with Crippen LogP contribution < -0.4 is 4.74 Å². The second-order valence-corrected chi connectivity index (χ2v) is 7.94. The van der Waals surface area contributed by atoms with Crippen LogP contribution in [0.3, 0.4) is 0 Å². The Bertz CT molecular complexity index is 1180. The summed E-state index contributed by atoms with van der Waals surface area (Å²) in [6, 6.07) is 19.3. The van der Waals surface area contributed by atoms with Gasteiger partial charge in [0.15, 0.2) is 0 Å². The summed E-state index contributed by atoms with van der Waals surface area (Å²) in [6.45, 7) is 4.56. The number of aromatic nitrogens is 2. The molecule has 0 spiro atoms. The standard InChI is InChI=1S/C25H23ClN2O2/c1-16-10-17(2)12-19(11-16)23-14-27-28(3)25(23)22-9-8-21(13-24(22)29)30-15-18-4-6-20(26)7-5-18/h4-14,29H,15H2,1-3H3. The average Bonchev–Trinajstić information content (AvgIpc) is 3.08. The summed E-state index contributed by atoms with van der Waals surface area (Å²) in [5, 5.41) is 15.9. The molecule has 0 bridgehead atoms. The summed E-state index contributed by atoms with van der Waals surface area (Å²) in [5.74, 6) is 0.749. The van der Waals surface area contributed by atoms with Gasteiger partial charge in [-0.25, -0.2) is 0 Å². The maximum absolute atomic E-state index is 10.8. The van der Waals surface area contributed by atoms with E-state index in [0.717, 1.165) is 22.4 Å². The minimum Gasteiger partial charge on any atom is -0.507 e. The van der Waals surface area contributed by atoms with Crippen LogP contribution in [0.5, 0.6) is 11.5 Å². The molecule has 0 radical (unpaired) electrons. The van der Waals surface area contributed by atoms with E-state index >= 15 is 0 Å². The first-order chi connectivity index (χ1) is 14.4. The Kier molecular flexibility index (Phi) is 5.51. The minimum atomic E-state index is 0.151. The number of phenolic OH excluding ortho intramolecular Hbond substituents is 1. The maximum Gasteiger partial charge on any atom is 0.128 e. The van der Waals surface area contributed by atoms with Crippen LogP contribution in [-0.2, 0) is 13.7 Å². The van der Waals surface area contributed by atoms with E-state index in [4.69, 9.17) is 16.3 Å². The molecule has 30 heavy (non-hydrogen) atoms. The quantitative estimate of drug-likeness (QED) is 0.413. The summed E-state index contributed by atoms with van der Waals surface area (Å²) in [6.07, 6.45) is 1.84. The zero-order chi connectivity index (χ0) is 21.3. The van der Waals surface area contributed by atoms with Crippen molar-refractivity contribution in [1.29, 1.82) is 0 Å². The fraction of sp³-hybridized carbons (Fsp3) is 0.160. The van der Waals surface area contributed by atoms with E-state index < -0.39 is 0 Å². The number of rotatable bonds is 5. The van der Waals surface area contributed by atoms with E-state index in [0.29, 0.717) is 22.9 Å². The molecule has 0 saturated heterocycles. The second kappa shape index (κ2) is 8.25. The Balaban J connectivity index is 1.63. The van der Waals surface area contributed by atoms with Crippen molar-refractivity contribution in [2.45, 2.75) is 20.5 Å². The van der Waals surface area contributed by atoms with E-state index in [9.17, 15) is 5.11 Å². The summed E-state index contributed by atoms with van der Waals surface area (Å²) in [5.41, 5.74) is 7.02. The maximum atomic E-state index is 10.8. The molecule has 0 atom stereocenters. The fourth-order valence-electron chi connectivity index (χ4n) is 3.65. The van der Waals surface area contributed by atoms with Gasteiger partial charge >= 0.3 is 0 Å². The van der Waals surface area contributed by atoms with Crippen molar-refractivity contribution in [3.63, 3.8) is 0 Å². The highest BCUT2D eigenvalue weighted by Crippen LogP contribution is 2.38. The molecular weight excluding hydrogens is 396 g/mol. The largest absolute Gasteiger partial charge is 0.507 e. The van der Waals surface area contributed by atoms with E-state index in [1.165, 1.54) is 11.1 Å². The van der Waals surface area contributed by atoms with Gasteiger partial charge in [0.2, 0.25) is 0 Å². The Hall–Kier alpha value is -3.24. The normalized spacial score (nSPS) is 10.9. The predicted molar refractivity (Wildman–Crippen MR) is 121 cm³/mol. The van der Waals surface area contributed by atoms with Gasteiger partial charge in [0.1, 0.15) is 18.1 Å². The highest BCUT2D eigenvalue weighted by molar-refractivity contribution is 6.30. The molecule has 0 unspecified atom stereocenters. The lowest BCUT2D eigenvalue weighted by molar-refractivity contribution is 0.304. The van der Waals surface area contributed by atoms with Crippen molar-refractivity contribution in [3.05, 3.63) is 88.6 Å². The number of phenols is 1. The molecule has 1 aromatic heterocycles. The highest BCUT2D eigenvalue weighted by Gasteiger charge is 2.17. The SMILES string of the molecule is Cc1cc(C)cc(-c2cnn(C)c2-c2ccc(OCc3ccc(Cl)cc3)cc2O)c1. The summed E-state index contributed by atoms with van der Waals surface area (Å²) in [4.78, 5) is 0. The molecule has 0 aliphatic heterocycles. The molecule has 0 saturated carbocycles. The highest BCUT2D eigenvalue weighted by atomic mass is 35.5. The van der Waals surface area contributed by atoms with Gasteiger partial charge in [-0.2, -0.15) is 5.10 Å². The van der Waals surface area contributed by atoms with Crippen LogP contribution in [0.2, 0.25) is 5.02 Å². The molecule has 5 heteroatoms. The number of hydrogen-bond acceptors (Lipinski definition) is 3. The smallest absolute Gasteiger partial charge is 0.128 e. The third-order valence-electron chi connectivity index (χ3n) is 5.01. The number of halogens is 1. The van der Waals surface area contributed by atoms with E-state index in [1.54, 1.807) is 10.7 Å². The van der Waals surface area contributed by atoms with E-state index in [1.807, 2.05) is 49.6 Å². The fourth-order valence-corrected chi connectivity index (χ4v) is 3.77. The number of ether oxygens (including phenoxy) is 1. The monoisotopic (exact) mass is 418 g/mol. The van der Waals surface area contributed by atoms with Gasteiger partial charge in [-0.15, -0.1) is 0 Å². The van der Waals surface area contributed by atoms with Crippen LogP contribution in [0.25, 0.3) is 22.4 Å². The summed E-state index contributed by atoms with van der Waals surface area (Å²) < 4.78 is 7.62. The Morgan fingerprint density at radius 2 is 1.63 bits per heavy atom. The van der Waals surface area contributed by atoms with Crippen LogP contribution in [0.15, 0.2) is 66.9 Å². The van der Waals surface area contributed by atoms with Crippen LogP contribution in [0, 0.1) is 13.8 Å². The van der Waals surface area contributed by atoms with Crippen LogP contribution in [0.1, 0.15) is 16.7 Å². The lowest BCUT2D eigenvalue weighted by Crippen LogP contribution is -1.97. The van der Waals surface area contributed by atoms with Gasteiger partial charge in [0, 0.05) is 29.3 Å². The molecule has 152 valence electrons. The summed E-state index contributed by atoms with van der Waals surface area (Å²) >= 11 is 5.92. The number of aromatic hydroxyl groups is 1. The molecule has 0 aliphatic carbocycles. The number of nitrogens with zero attached hydrogens (tertiary/aromatic N) is 2. The van der Waals surface area contributed by atoms with Crippen molar-refractivity contribution in [3.8, 4) is 33.9 Å². The molecule has 3 aromatic carbocycles. The van der Waals surface area contributed by atoms with Gasteiger partial charge in [-0.3, -0.25) is 4.68 Å². The molecule has 4 rings (SSSR count). The molecule has 0 amide bonds. The first-order valence-electron chi connectivity index (χ1n) is 9.72. The molecule has 4 aromatic rings. The van der Waals surface area contributed by atoms with Crippen molar-refractivity contribution in [2.75, 3.05) is 0 Å². The van der Waals surface area contributed by atoms with E-state index in [-0.39, 0.29) is 5.75 Å². The number of benzene rings is 3. The van der Waals surface area contributed by atoms with Crippen LogP contribution in [-0.4, -0.2) is 14.9 Å². The van der Waals surface area contributed by atoms with Crippen molar-refractivity contribution < 1.29 is 9.84 Å². The number of aryl methyl sites for hydroxylation is 3. The van der Waals surface area contributed by atoms with Crippen molar-refractivity contribution in [2.24, 2.45) is 7.05 Å². The van der Waals surface area contributed by atoms with Crippen molar-refractivity contribution >= 4 is 11.6 Å². The van der Waals surface area contributed by atoms with Crippen LogP contribution in [0.4, 0.5) is 0 Å².